The van der Waals surface area contributed by atoms with Crippen molar-refractivity contribution in [3.8, 4) is 0 Å². The van der Waals surface area contributed by atoms with Gasteiger partial charge in [-0.05, 0) is 24.1 Å². The van der Waals surface area contributed by atoms with Gasteiger partial charge in [-0.1, -0.05) is 0 Å². The molecule has 0 aliphatic carbocycles. The van der Waals surface area contributed by atoms with E-state index in [0.717, 1.165) is 10.2 Å². The summed E-state index contributed by atoms with van der Waals surface area (Å²) >= 11 is 5.08. The lowest BCUT2D eigenvalue weighted by Gasteiger charge is -1.84. The summed E-state index contributed by atoms with van der Waals surface area (Å²) in [4.78, 5) is 10.3. The van der Waals surface area contributed by atoms with Crippen LogP contribution >= 0.6 is 11.6 Å². The van der Waals surface area contributed by atoms with Crippen LogP contribution in [0.1, 0.15) is 5.56 Å². The first-order valence-electron chi connectivity index (χ1n) is 2.41. The van der Waals surface area contributed by atoms with Crippen molar-refractivity contribution in [1.82, 2.24) is 9.78 Å². The van der Waals surface area contributed by atoms with Gasteiger partial charge in [-0.25, -0.2) is 0 Å². The SMILES string of the molecule is Cc1cnn(C(=O)Cl)c1. The zero-order valence-electron chi connectivity index (χ0n) is 4.84. The first-order valence-corrected chi connectivity index (χ1v) is 2.79. The van der Waals surface area contributed by atoms with E-state index in [1.165, 1.54) is 0 Å². The molecule has 0 saturated carbocycles. The van der Waals surface area contributed by atoms with Crippen LogP contribution in [0, 0.1) is 6.92 Å². The minimum Gasteiger partial charge on any atom is -0.253 e. The molecule has 1 aromatic rings. The molecule has 0 aromatic carbocycles. The number of nitrogens with zero attached hydrogens (tertiary/aromatic N) is 2. The van der Waals surface area contributed by atoms with E-state index in [9.17, 15) is 4.79 Å². The number of hydrogen-bond acceptors (Lipinski definition) is 2. The smallest absolute Gasteiger partial charge is 0.253 e. The molecule has 0 aliphatic heterocycles. The molecule has 0 saturated heterocycles. The summed E-state index contributed by atoms with van der Waals surface area (Å²) in [7, 11) is 0. The molecule has 0 radical (unpaired) electrons. The molecule has 1 aromatic heterocycles. The fourth-order valence-electron chi connectivity index (χ4n) is 0.509. The Balaban J connectivity index is 2.98. The van der Waals surface area contributed by atoms with Crippen molar-refractivity contribution in [2.24, 2.45) is 0 Å². The lowest BCUT2D eigenvalue weighted by Crippen LogP contribution is -2.00. The van der Waals surface area contributed by atoms with E-state index in [1.54, 1.807) is 12.4 Å². The van der Waals surface area contributed by atoms with E-state index >= 15 is 0 Å². The number of hydrogen-bond donors (Lipinski definition) is 0. The van der Waals surface area contributed by atoms with Crippen LogP contribution in [-0.4, -0.2) is 15.1 Å². The van der Waals surface area contributed by atoms with Crippen molar-refractivity contribution in [3.63, 3.8) is 0 Å². The van der Waals surface area contributed by atoms with E-state index in [0.29, 0.717) is 0 Å². The van der Waals surface area contributed by atoms with Crippen molar-refractivity contribution >= 4 is 17.0 Å². The predicted octanol–water partition coefficient (Wildman–Crippen LogP) is 1.40. The zero-order valence-corrected chi connectivity index (χ0v) is 5.59. The lowest BCUT2D eigenvalue weighted by molar-refractivity contribution is 0.258. The number of rotatable bonds is 0. The van der Waals surface area contributed by atoms with Crippen LogP contribution in [0.3, 0.4) is 0 Å². The third kappa shape index (κ3) is 1.29. The molecule has 1 rings (SSSR count). The highest BCUT2D eigenvalue weighted by atomic mass is 35.5. The normalized spacial score (nSPS) is 9.56. The molecule has 0 N–H and O–H groups in total. The van der Waals surface area contributed by atoms with Gasteiger partial charge in [-0.3, -0.25) is 4.79 Å². The Morgan fingerprint density at radius 3 is 2.78 bits per heavy atom. The molecule has 0 bridgehead atoms. The summed E-state index contributed by atoms with van der Waals surface area (Å²) in [5.74, 6) is 0. The fourth-order valence-corrected chi connectivity index (χ4v) is 0.601. The second-order valence-corrected chi connectivity index (χ2v) is 2.04. The summed E-state index contributed by atoms with van der Waals surface area (Å²) < 4.78 is 1.08. The maximum absolute atomic E-state index is 10.3. The summed E-state index contributed by atoms with van der Waals surface area (Å²) in [6, 6.07) is 0. The highest BCUT2D eigenvalue weighted by Gasteiger charge is 1.98. The Morgan fingerprint density at radius 2 is 2.56 bits per heavy atom. The van der Waals surface area contributed by atoms with Gasteiger partial charge < -0.3 is 0 Å². The van der Waals surface area contributed by atoms with Crippen LogP contribution in [0.25, 0.3) is 0 Å². The number of aromatic nitrogens is 2. The molecule has 1 heterocycles. The van der Waals surface area contributed by atoms with Crippen LogP contribution < -0.4 is 0 Å². The first kappa shape index (κ1) is 6.29. The van der Waals surface area contributed by atoms with Gasteiger partial charge in [0, 0.05) is 6.20 Å². The molecule has 0 fully saturated rings. The molecule has 4 heteroatoms. The number of halogens is 1. The molecule has 3 nitrogen and oxygen atoms in total. The zero-order chi connectivity index (χ0) is 6.85. The van der Waals surface area contributed by atoms with E-state index in [4.69, 9.17) is 11.6 Å². The highest BCUT2D eigenvalue weighted by molar-refractivity contribution is 6.63. The summed E-state index contributed by atoms with van der Waals surface area (Å²) in [5, 5.41) is 3.07. The minimum atomic E-state index is -0.580. The fraction of sp³-hybridized carbons (Fsp3) is 0.200. The largest absolute Gasteiger partial charge is 0.340 e. The van der Waals surface area contributed by atoms with Gasteiger partial charge in [0.05, 0.1) is 6.20 Å². The summed E-state index contributed by atoms with van der Waals surface area (Å²) in [5.41, 5.74) is 0.920. The third-order valence-corrected chi connectivity index (χ3v) is 1.06. The van der Waals surface area contributed by atoms with Crippen molar-refractivity contribution in [2.75, 3.05) is 0 Å². The van der Waals surface area contributed by atoms with Crippen LogP contribution in [0.4, 0.5) is 4.79 Å². The highest BCUT2D eigenvalue weighted by Crippen LogP contribution is 1.95. The summed E-state index contributed by atoms with van der Waals surface area (Å²) in [6.45, 7) is 1.84. The van der Waals surface area contributed by atoms with Crippen molar-refractivity contribution < 1.29 is 4.79 Å². The van der Waals surface area contributed by atoms with Crippen LogP contribution in [0.15, 0.2) is 12.4 Å². The second-order valence-electron chi connectivity index (χ2n) is 1.72. The van der Waals surface area contributed by atoms with Crippen LogP contribution in [0.5, 0.6) is 0 Å². The van der Waals surface area contributed by atoms with Gasteiger partial charge in [-0.2, -0.15) is 9.78 Å². The number of aryl methyl sites for hydroxylation is 1. The topological polar surface area (TPSA) is 34.9 Å². The second kappa shape index (κ2) is 2.19. The Labute approximate surface area is 57.2 Å². The molecule has 0 amide bonds. The molecule has 0 aliphatic rings. The van der Waals surface area contributed by atoms with Gasteiger partial charge in [0.2, 0.25) is 0 Å². The lowest BCUT2D eigenvalue weighted by atomic mass is 10.4. The van der Waals surface area contributed by atoms with Gasteiger partial charge in [0.15, 0.2) is 0 Å². The molecule has 9 heavy (non-hydrogen) atoms. The predicted molar refractivity (Wildman–Crippen MR) is 33.6 cm³/mol. The Hall–Kier alpha value is -0.830. The van der Waals surface area contributed by atoms with Crippen LogP contribution in [-0.2, 0) is 0 Å². The summed E-state index contributed by atoms with van der Waals surface area (Å²) in [6.07, 6.45) is 3.13. The average molecular weight is 145 g/mol. The molecular weight excluding hydrogens is 140 g/mol. The molecular formula is C5H5ClN2O. The minimum absolute atomic E-state index is 0.580. The molecule has 0 spiro atoms. The van der Waals surface area contributed by atoms with Gasteiger partial charge >= 0.3 is 5.37 Å². The Morgan fingerprint density at radius 1 is 1.89 bits per heavy atom. The third-order valence-electron chi connectivity index (χ3n) is 0.892. The van der Waals surface area contributed by atoms with Gasteiger partial charge in [0.1, 0.15) is 0 Å². The maximum atomic E-state index is 10.3. The standard InChI is InChI=1S/C5H5ClN2O/c1-4-2-7-8(3-4)5(6)9/h2-3H,1H3. The van der Waals surface area contributed by atoms with Crippen molar-refractivity contribution in [1.29, 1.82) is 0 Å². The quantitative estimate of drug-likeness (QED) is 0.516. The monoisotopic (exact) mass is 144 g/mol. The molecule has 48 valence electrons. The maximum Gasteiger partial charge on any atom is 0.340 e. The number of carbonyl (C=O) groups excluding carboxylic acids is 1. The van der Waals surface area contributed by atoms with E-state index in [1.807, 2.05) is 6.92 Å². The van der Waals surface area contributed by atoms with E-state index < -0.39 is 5.37 Å². The van der Waals surface area contributed by atoms with E-state index in [2.05, 4.69) is 5.10 Å². The van der Waals surface area contributed by atoms with Gasteiger partial charge in [-0.15, -0.1) is 0 Å². The van der Waals surface area contributed by atoms with Gasteiger partial charge in [0.25, 0.3) is 0 Å². The average Bonchev–Trinajstić information content (AvgIpc) is 2.14. The number of carbonyl (C=O) groups is 1. The van der Waals surface area contributed by atoms with E-state index in [-0.39, 0.29) is 0 Å². The molecule has 0 atom stereocenters. The molecule has 0 unspecified atom stereocenters. The van der Waals surface area contributed by atoms with Crippen molar-refractivity contribution in [2.45, 2.75) is 6.92 Å². The van der Waals surface area contributed by atoms with Crippen LogP contribution in [0.2, 0.25) is 0 Å². The first-order chi connectivity index (χ1) is 4.20. The Bertz CT molecular complexity index is 231. The Kier molecular flexibility index (Phi) is 1.53. The van der Waals surface area contributed by atoms with Crippen molar-refractivity contribution in [3.05, 3.63) is 18.0 Å².